The monoisotopic (exact) mass is 302 g/mol. The quantitative estimate of drug-likeness (QED) is 0.224. The zero-order valence-electron chi connectivity index (χ0n) is 11.4. The molecule has 0 aromatic heterocycles. The van der Waals surface area contributed by atoms with Crippen LogP contribution < -0.4 is 11.1 Å². The van der Waals surface area contributed by atoms with Crippen LogP contribution in [0.1, 0.15) is 15.9 Å². The summed E-state index contributed by atoms with van der Waals surface area (Å²) in [6, 6.07) is 16.0. The second kappa shape index (κ2) is 8.00. The first-order chi connectivity index (χ1) is 10.4. The van der Waals surface area contributed by atoms with E-state index in [-0.39, 0.29) is 11.7 Å². The zero-order chi connectivity index (χ0) is 16.5. The Bertz CT molecular complexity index is 670. The van der Waals surface area contributed by atoms with Crippen LogP contribution in [0.15, 0.2) is 54.6 Å². The second-order valence-corrected chi connectivity index (χ2v) is 4.05. The molecule has 5 N–H and O–H groups in total. The Morgan fingerprint density at radius 1 is 1.14 bits per heavy atom. The number of rotatable bonds is 3. The zero-order valence-corrected chi connectivity index (χ0v) is 11.4. The predicted octanol–water partition coefficient (Wildman–Crippen LogP) is 1.88. The van der Waals surface area contributed by atoms with Gasteiger partial charge in [0.15, 0.2) is 11.7 Å². The molecule has 0 radical (unpaired) electrons. The largest absolute Gasteiger partial charge is 0.370 e. The van der Waals surface area contributed by atoms with E-state index in [0.717, 1.165) is 0 Å². The van der Waals surface area contributed by atoms with Crippen LogP contribution in [-0.4, -0.2) is 22.0 Å². The number of ketones is 1. The fraction of sp³-hybridized carbons (Fsp3) is 0. The summed E-state index contributed by atoms with van der Waals surface area (Å²) in [5.74, 6) is -0.206. The number of hydrogen-bond acceptors (Lipinski definition) is 4. The normalized spacial score (nSPS) is 9.09. The van der Waals surface area contributed by atoms with E-state index in [4.69, 9.17) is 26.5 Å². The average molecular weight is 302 g/mol. The maximum absolute atomic E-state index is 12.2. The highest BCUT2D eigenvalue weighted by molar-refractivity contribution is 6.09. The third-order valence-corrected chi connectivity index (χ3v) is 2.44. The molecule has 0 bridgehead atoms. The number of benzene rings is 2. The summed E-state index contributed by atoms with van der Waals surface area (Å²) in [7, 11) is 0. The highest BCUT2D eigenvalue weighted by atomic mass is 16.9. The molecule has 0 unspecified atom stereocenters. The molecule has 2 aromatic carbocycles. The van der Waals surface area contributed by atoms with Crippen molar-refractivity contribution in [3.63, 3.8) is 0 Å². The van der Waals surface area contributed by atoms with Gasteiger partial charge >= 0.3 is 0 Å². The summed E-state index contributed by atoms with van der Waals surface area (Å²) in [5.41, 5.74) is 7.08. The Kier molecular flexibility index (Phi) is 6.05. The SMILES string of the molecule is N=C(N)Nc1cccc(C(=O)c2ccccc2)c1.O=[N+]([O-])O. The van der Waals surface area contributed by atoms with E-state index >= 15 is 0 Å². The van der Waals surface area contributed by atoms with Crippen molar-refractivity contribution < 1.29 is 15.1 Å². The molecule has 0 aliphatic heterocycles. The minimum absolute atomic E-state index is 0.0530. The van der Waals surface area contributed by atoms with Crippen LogP contribution in [-0.2, 0) is 0 Å². The molecule has 0 saturated carbocycles. The molecule has 0 fully saturated rings. The van der Waals surface area contributed by atoms with Crippen molar-refractivity contribution in [1.29, 1.82) is 5.41 Å². The highest BCUT2D eigenvalue weighted by Crippen LogP contribution is 2.14. The number of carbonyl (C=O) groups excluding carboxylic acids is 1. The summed E-state index contributed by atoms with van der Waals surface area (Å²) in [5, 5.41) is 23.5. The first-order valence-corrected chi connectivity index (χ1v) is 6.04. The fourth-order valence-electron chi connectivity index (χ4n) is 1.65. The van der Waals surface area contributed by atoms with Crippen LogP contribution in [0.4, 0.5) is 5.69 Å². The van der Waals surface area contributed by atoms with Gasteiger partial charge in [-0.1, -0.05) is 42.5 Å². The summed E-state index contributed by atoms with van der Waals surface area (Å²) in [6.07, 6.45) is 0. The Hall–Kier alpha value is -3.42. The summed E-state index contributed by atoms with van der Waals surface area (Å²) >= 11 is 0. The molecule has 0 aliphatic rings. The van der Waals surface area contributed by atoms with E-state index in [9.17, 15) is 4.79 Å². The molecule has 22 heavy (non-hydrogen) atoms. The lowest BCUT2D eigenvalue weighted by atomic mass is 10.0. The molecule has 8 heteroatoms. The van der Waals surface area contributed by atoms with Crippen LogP contribution in [0.5, 0.6) is 0 Å². The first kappa shape index (κ1) is 16.6. The number of carbonyl (C=O) groups is 1. The lowest BCUT2D eigenvalue weighted by molar-refractivity contribution is -0.742. The Balaban J connectivity index is 0.000000541. The molecule has 0 saturated heterocycles. The van der Waals surface area contributed by atoms with Gasteiger partial charge < -0.3 is 16.3 Å². The number of nitrogens with zero attached hydrogens (tertiary/aromatic N) is 1. The van der Waals surface area contributed by atoms with Gasteiger partial charge in [-0.15, -0.1) is 10.1 Å². The first-order valence-electron chi connectivity index (χ1n) is 6.04. The smallest absolute Gasteiger partial charge is 0.291 e. The van der Waals surface area contributed by atoms with Crippen molar-refractivity contribution >= 4 is 17.4 Å². The van der Waals surface area contributed by atoms with E-state index < -0.39 is 5.09 Å². The molecule has 2 rings (SSSR count). The molecular weight excluding hydrogens is 288 g/mol. The third kappa shape index (κ3) is 5.70. The van der Waals surface area contributed by atoms with E-state index in [1.807, 2.05) is 18.2 Å². The van der Waals surface area contributed by atoms with E-state index in [0.29, 0.717) is 16.8 Å². The van der Waals surface area contributed by atoms with Gasteiger partial charge in [0.2, 0.25) is 0 Å². The molecule has 0 aliphatic carbocycles. The van der Waals surface area contributed by atoms with Crippen LogP contribution in [0.25, 0.3) is 0 Å². The van der Waals surface area contributed by atoms with E-state index in [2.05, 4.69) is 5.32 Å². The second-order valence-electron chi connectivity index (χ2n) is 4.05. The standard InChI is InChI=1S/C14H13N3O.HNO3/c15-14(16)17-12-8-4-7-11(9-12)13(18)10-5-2-1-3-6-10;2-1(3)4/h1-9H,(H4,15,16,17);(H,2,3,4). The maximum atomic E-state index is 12.2. The van der Waals surface area contributed by atoms with Crippen molar-refractivity contribution in [2.24, 2.45) is 5.73 Å². The van der Waals surface area contributed by atoms with Gasteiger partial charge in [-0.05, 0) is 12.1 Å². The minimum atomic E-state index is -1.50. The summed E-state index contributed by atoms with van der Waals surface area (Å²) in [4.78, 5) is 20.5. The van der Waals surface area contributed by atoms with E-state index in [1.165, 1.54) is 0 Å². The van der Waals surface area contributed by atoms with Crippen molar-refractivity contribution in [3.8, 4) is 0 Å². The van der Waals surface area contributed by atoms with Gasteiger partial charge in [0.25, 0.3) is 5.09 Å². The van der Waals surface area contributed by atoms with Crippen LogP contribution in [0.2, 0.25) is 0 Å². The van der Waals surface area contributed by atoms with Crippen molar-refractivity contribution in [2.45, 2.75) is 0 Å². The number of guanidine groups is 1. The van der Waals surface area contributed by atoms with Gasteiger partial charge in [0, 0.05) is 16.8 Å². The number of nitrogens with two attached hydrogens (primary N) is 1. The van der Waals surface area contributed by atoms with Crippen LogP contribution in [0, 0.1) is 15.5 Å². The molecule has 0 atom stereocenters. The maximum Gasteiger partial charge on any atom is 0.291 e. The predicted molar refractivity (Wildman–Crippen MR) is 80.6 cm³/mol. The molecule has 0 heterocycles. The lowest BCUT2D eigenvalue weighted by Gasteiger charge is -2.06. The van der Waals surface area contributed by atoms with Gasteiger partial charge in [-0.25, -0.2) is 0 Å². The number of hydrogen-bond donors (Lipinski definition) is 4. The Morgan fingerprint density at radius 3 is 2.23 bits per heavy atom. The van der Waals surface area contributed by atoms with Gasteiger partial charge in [0.05, 0.1) is 0 Å². The Labute approximate surface area is 125 Å². The molecule has 8 nitrogen and oxygen atoms in total. The van der Waals surface area contributed by atoms with Gasteiger partial charge in [-0.3, -0.25) is 10.2 Å². The fourth-order valence-corrected chi connectivity index (χ4v) is 1.65. The third-order valence-electron chi connectivity index (χ3n) is 2.44. The average Bonchev–Trinajstić information content (AvgIpc) is 2.46. The summed E-state index contributed by atoms with van der Waals surface area (Å²) < 4.78 is 0. The molecule has 0 amide bonds. The van der Waals surface area contributed by atoms with Crippen LogP contribution in [0.3, 0.4) is 0 Å². The van der Waals surface area contributed by atoms with Crippen molar-refractivity contribution in [1.82, 2.24) is 0 Å². The topological polar surface area (TPSA) is 142 Å². The Morgan fingerprint density at radius 2 is 1.68 bits per heavy atom. The highest BCUT2D eigenvalue weighted by Gasteiger charge is 2.08. The summed E-state index contributed by atoms with van der Waals surface area (Å²) in [6.45, 7) is 0. The molecular formula is C14H14N4O4. The molecule has 114 valence electrons. The van der Waals surface area contributed by atoms with E-state index in [1.54, 1.807) is 36.4 Å². The van der Waals surface area contributed by atoms with Gasteiger partial charge in [0.1, 0.15) is 0 Å². The van der Waals surface area contributed by atoms with Crippen molar-refractivity contribution in [2.75, 3.05) is 5.32 Å². The minimum Gasteiger partial charge on any atom is -0.370 e. The van der Waals surface area contributed by atoms with Crippen LogP contribution >= 0.6 is 0 Å². The molecule has 0 spiro atoms. The van der Waals surface area contributed by atoms with Gasteiger partial charge in [-0.2, -0.15) is 0 Å². The number of anilines is 1. The number of nitrogens with one attached hydrogen (secondary N) is 2. The molecule has 2 aromatic rings. The van der Waals surface area contributed by atoms with Crippen molar-refractivity contribution in [3.05, 3.63) is 75.8 Å². The lowest BCUT2D eigenvalue weighted by Crippen LogP contribution is -2.20.